The van der Waals surface area contributed by atoms with Crippen LogP contribution in [0.25, 0.3) is 0 Å². The molecule has 1 aliphatic rings. The number of nitrogens with one attached hydrogen (secondary N) is 2. The summed E-state index contributed by atoms with van der Waals surface area (Å²) < 4.78 is 19.3. The first-order valence-electron chi connectivity index (χ1n) is 11.2. The molecule has 1 saturated heterocycles. The molecule has 3 aromatic carbocycles. The maximum atomic E-state index is 13.9. The van der Waals surface area contributed by atoms with Gasteiger partial charge in [0.1, 0.15) is 11.6 Å². The van der Waals surface area contributed by atoms with Crippen LogP contribution in [0.4, 0.5) is 4.39 Å². The number of ether oxygens (including phenoxy) is 1. The molecule has 0 saturated carbocycles. The van der Waals surface area contributed by atoms with E-state index >= 15 is 0 Å². The number of aliphatic hydroxyl groups excluding tert-OH is 1. The molecule has 1 aliphatic heterocycles. The third kappa shape index (κ3) is 5.01. The molecule has 0 aliphatic carbocycles. The van der Waals surface area contributed by atoms with Gasteiger partial charge in [0.05, 0.1) is 7.11 Å². The van der Waals surface area contributed by atoms with Crippen LogP contribution in [0.3, 0.4) is 0 Å². The van der Waals surface area contributed by atoms with Crippen LogP contribution in [0.2, 0.25) is 0 Å². The van der Waals surface area contributed by atoms with Gasteiger partial charge in [-0.1, -0.05) is 60.7 Å². The Morgan fingerprint density at radius 3 is 2.28 bits per heavy atom. The highest BCUT2D eigenvalue weighted by Gasteiger charge is 2.40. The zero-order chi connectivity index (χ0) is 22.3. The summed E-state index contributed by atoms with van der Waals surface area (Å²) in [5, 5.41) is 17.1. The van der Waals surface area contributed by atoms with E-state index in [4.69, 9.17) is 4.74 Å². The van der Waals surface area contributed by atoms with Gasteiger partial charge in [0.2, 0.25) is 0 Å². The van der Waals surface area contributed by atoms with Crippen molar-refractivity contribution in [1.29, 1.82) is 0 Å². The highest BCUT2D eigenvalue weighted by atomic mass is 19.1. The van der Waals surface area contributed by atoms with Crippen molar-refractivity contribution in [2.24, 2.45) is 5.92 Å². The van der Waals surface area contributed by atoms with Gasteiger partial charge in [-0.05, 0) is 48.2 Å². The number of methoxy groups -OCH3 is 1. The largest absolute Gasteiger partial charge is 0.496 e. The van der Waals surface area contributed by atoms with Gasteiger partial charge >= 0.3 is 0 Å². The molecule has 0 spiro atoms. The van der Waals surface area contributed by atoms with E-state index in [0.29, 0.717) is 18.7 Å². The molecule has 4 nitrogen and oxygen atoms in total. The molecule has 3 aromatic rings. The molecule has 3 atom stereocenters. The van der Waals surface area contributed by atoms with Crippen LogP contribution in [0.1, 0.15) is 29.0 Å². The lowest BCUT2D eigenvalue weighted by Crippen LogP contribution is -2.46. The van der Waals surface area contributed by atoms with Crippen molar-refractivity contribution >= 4 is 0 Å². The number of aliphatic hydroxyl groups is 1. The number of hydrogen-bond donors (Lipinski definition) is 3. The summed E-state index contributed by atoms with van der Waals surface area (Å²) in [6, 6.07) is 25.9. The molecule has 1 fully saturated rings. The van der Waals surface area contributed by atoms with Gasteiger partial charge in [-0.25, -0.2) is 4.39 Å². The Morgan fingerprint density at radius 1 is 1.03 bits per heavy atom. The average Bonchev–Trinajstić information content (AvgIpc) is 3.21. The lowest BCUT2D eigenvalue weighted by molar-refractivity contribution is 0.241. The van der Waals surface area contributed by atoms with E-state index in [-0.39, 0.29) is 36.3 Å². The smallest absolute Gasteiger partial charge is 0.123 e. The van der Waals surface area contributed by atoms with Gasteiger partial charge in [0.15, 0.2) is 0 Å². The lowest BCUT2D eigenvalue weighted by atomic mass is 9.80. The molecular weight excluding hydrogens is 403 g/mol. The minimum absolute atomic E-state index is 0.0977. The van der Waals surface area contributed by atoms with Gasteiger partial charge in [-0.15, -0.1) is 0 Å². The van der Waals surface area contributed by atoms with Gasteiger partial charge in [0, 0.05) is 36.7 Å². The monoisotopic (exact) mass is 434 g/mol. The molecule has 3 N–H and O–H groups in total. The average molecular weight is 435 g/mol. The second-order valence-corrected chi connectivity index (χ2v) is 8.37. The second kappa shape index (κ2) is 10.7. The molecule has 5 heteroatoms. The summed E-state index contributed by atoms with van der Waals surface area (Å²) in [7, 11) is 1.60. The number of halogens is 1. The predicted molar refractivity (Wildman–Crippen MR) is 125 cm³/mol. The lowest BCUT2D eigenvalue weighted by Gasteiger charge is -2.32. The minimum Gasteiger partial charge on any atom is -0.496 e. The molecule has 4 rings (SSSR count). The summed E-state index contributed by atoms with van der Waals surface area (Å²) in [6.07, 6.45) is 0.706. The van der Waals surface area contributed by atoms with Gasteiger partial charge in [0.25, 0.3) is 0 Å². The molecule has 0 radical (unpaired) electrons. The Morgan fingerprint density at radius 2 is 1.69 bits per heavy atom. The quantitative estimate of drug-likeness (QED) is 0.475. The highest BCUT2D eigenvalue weighted by Crippen LogP contribution is 2.35. The summed E-state index contributed by atoms with van der Waals surface area (Å²) in [6.45, 7) is 1.45. The summed E-state index contributed by atoms with van der Waals surface area (Å²) in [5.41, 5.74) is 3.28. The van der Waals surface area contributed by atoms with Crippen LogP contribution in [0.5, 0.6) is 5.75 Å². The second-order valence-electron chi connectivity index (χ2n) is 8.37. The Bertz CT molecular complexity index is 944. The predicted octanol–water partition coefficient (Wildman–Crippen LogP) is 4.10. The van der Waals surface area contributed by atoms with E-state index in [2.05, 4.69) is 59.2 Å². The first-order valence-corrected chi connectivity index (χ1v) is 11.2. The van der Waals surface area contributed by atoms with Gasteiger partial charge < -0.3 is 20.5 Å². The molecule has 0 amide bonds. The first kappa shape index (κ1) is 22.5. The minimum atomic E-state index is -0.276. The van der Waals surface area contributed by atoms with Crippen LogP contribution in [-0.2, 0) is 6.54 Å². The molecule has 0 aromatic heterocycles. The standard InChI is InChI=1S/C27H31FN2O2/c1-32-24-13-12-23(28)16-22(24)18-29-26-21(14-15-31)17-30-27(26)25(19-8-4-2-5-9-19)20-10-6-3-7-11-20/h2-13,16,21,25-27,29-31H,14-15,17-18H2,1H3. The van der Waals surface area contributed by atoms with Gasteiger partial charge in [-0.3, -0.25) is 0 Å². The van der Waals surface area contributed by atoms with Crippen LogP contribution in [0, 0.1) is 11.7 Å². The first-order chi connectivity index (χ1) is 15.7. The van der Waals surface area contributed by atoms with E-state index < -0.39 is 0 Å². The van der Waals surface area contributed by atoms with Crippen LogP contribution in [-0.4, -0.2) is 37.5 Å². The van der Waals surface area contributed by atoms with Crippen molar-refractivity contribution in [1.82, 2.24) is 10.6 Å². The van der Waals surface area contributed by atoms with Gasteiger partial charge in [-0.2, -0.15) is 0 Å². The normalized spacial score (nSPS) is 20.6. The van der Waals surface area contributed by atoms with Crippen molar-refractivity contribution in [3.05, 3.63) is 101 Å². The van der Waals surface area contributed by atoms with E-state index in [1.54, 1.807) is 13.2 Å². The van der Waals surface area contributed by atoms with Crippen molar-refractivity contribution in [2.75, 3.05) is 20.3 Å². The van der Waals surface area contributed by atoms with Crippen molar-refractivity contribution in [2.45, 2.75) is 31.0 Å². The maximum Gasteiger partial charge on any atom is 0.123 e. The molecule has 1 heterocycles. The fraction of sp³-hybridized carbons (Fsp3) is 0.333. The summed E-state index contributed by atoms with van der Waals surface area (Å²) in [5.74, 6) is 0.803. The van der Waals surface area contributed by atoms with Crippen LogP contribution in [0.15, 0.2) is 78.9 Å². The Balaban J connectivity index is 1.65. The van der Waals surface area contributed by atoms with Crippen molar-refractivity contribution in [3.63, 3.8) is 0 Å². The Hall–Kier alpha value is -2.73. The molecule has 32 heavy (non-hydrogen) atoms. The number of rotatable bonds is 9. The van der Waals surface area contributed by atoms with E-state index in [0.717, 1.165) is 12.1 Å². The SMILES string of the molecule is COc1ccc(F)cc1CNC1C(CCO)CNC1C(c1ccccc1)c1ccccc1. The third-order valence-corrected chi connectivity index (χ3v) is 6.46. The zero-order valence-corrected chi connectivity index (χ0v) is 18.4. The molecule has 0 bridgehead atoms. The van der Waals surface area contributed by atoms with Crippen molar-refractivity contribution < 1.29 is 14.2 Å². The zero-order valence-electron chi connectivity index (χ0n) is 18.4. The molecular formula is C27H31FN2O2. The fourth-order valence-corrected chi connectivity index (χ4v) is 4.94. The summed E-state index contributed by atoms with van der Waals surface area (Å²) >= 11 is 0. The Kier molecular flexibility index (Phi) is 7.53. The highest BCUT2D eigenvalue weighted by molar-refractivity contribution is 5.37. The van der Waals surface area contributed by atoms with E-state index in [1.807, 2.05) is 12.1 Å². The fourth-order valence-electron chi connectivity index (χ4n) is 4.94. The number of benzene rings is 3. The topological polar surface area (TPSA) is 53.5 Å². The van der Waals surface area contributed by atoms with Crippen LogP contribution < -0.4 is 15.4 Å². The van der Waals surface area contributed by atoms with E-state index in [1.165, 1.54) is 23.3 Å². The Labute approximate surface area is 189 Å². The third-order valence-electron chi connectivity index (χ3n) is 6.46. The van der Waals surface area contributed by atoms with Crippen molar-refractivity contribution in [3.8, 4) is 5.75 Å². The number of hydrogen-bond acceptors (Lipinski definition) is 4. The molecule has 168 valence electrons. The van der Waals surface area contributed by atoms with E-state index in [9.17, 15) is 9.50 Å². The molecule has 3 unspecified atom stereocenters. The van der Waals surface area contributed by atoms with Crippen LogP contribution >= 0.6 is 0 Å². The summed E-state index contributed by atoms with van der Waals surface area (Å²) in [4.78, 5) is 0. The maximum absolute atomic E-state index is 13.9.